The van der Waals surface area contributed by atoms with Crippen LogP contribution in [0.4, 0.5) is 0 Å². The number of hydrogen-bond donors (Lipinski definition) is 1. The number of methoxy groups -OCH3 is 1. The van der Waals surface area contributed by atoms with Gasteiger partial charge >= 0.3 is 5.97 Å². The Hall–Kier alpha value is -4.10. The summed E-state index contributed by atoms with van der Waals surface area (Å²) in [5.41, 5.74) is 6.57. The molecule has 42 heavy (non-hydrogen) atoms. The number of para-hydroxylation sites is 2. The number of fused-ring (bicyclic) bond motifs is 2. The summed E-state index contributed by atoms with van der Waals surface area (Å²) in [4.78, 5) is 27.0. The SMILES string of the molecule is COc1ccccc1CC(=O)OCC1=C(c2ccc(CCCOc3ccccc3C)cc2)C[C@@H]2CN(C(C)=O)C[C@H]1N2. The Morgan fingerprint density at radius 3 is 2.43 bits per heavy atom. The van der Waals surface area contributed by atoms with Gasteiger partial charge in [-0.25, -0.2) is 0 Å². The number of ether oxygens (including phenoxy) is 3. The van der Waals surface area contributed by atoms with E-state index in [0.29, 0.717) is 25.4 Å². The fourth-order valence-electron chi connectivity index (χ4n) is 5.88. The van der Waals surface area contributed by atoms with Gasteiger partial charge in [0, 0.05) is 31.6 Å². The third-order valence-electron chi connectivity index (χ3n) is 8.16. The van der Waals surface area contributed by atoms with Gasteiger partial charge in [0.1, 0.15) is 18.1 Å². The summed E-state index contributed by atoms with van der Waals surface area (Å²) in [6.07, 6.45) is 2.76. The number of amides is 1. The highest BCUT2D eigenvalue weighted by Gasteiger charge is 2.36. The van der Waals surface area contributed by atoms with Gasteiger partial charge in [0.15, 0.2) is 0 Å². The van der Waals surface area contributed by atoms with Crippen molar-refractivity contribution in [2.24, 2.45) is 0 Å². The molecule has 1 fully saturated rings. The number of hydrogen-bond acceptors (Lipinski definition) is 6. The zero-order chi connectivity index (χ0) is 29.5. The minimum Gasteiger partial charge on any atom is -0.496 e. The number of nitrogens with zero attached hydrogens (tertiary/aromatic N) is 1. The van der Waals surface area contributed by atoms with E-state index >= 15 is 0 Å². The lowest BCUT2D eigenvalue weighted by Gasteiger charge is -2.44. The molecule has 2 atom stereocenters. The molecule has 1 amide bonds. The van der Waals surface area contributed by atoms with Crippen molar-refractivity contribution < 1.29 is 23.8 Å². The first-order valence-electron chi connectivity index (χ1n) is 14.7. The maximum atomic E-state index is 12.9. The first kappa shape index (κ1) is 29.4. The quantitative estimate of drug-likeness (QED) is 0.255. The molecule has 0 aromatic heterocycles. The molecule has 5 rings (SSSR count). The molecule has 0 unspecified atom stereocenters. The van der Waals surface area contributed by atoms with E-state index in [4.69, 9.17) is 14.2 Å². The number of aryl methyl sites for hydroxylation is 2. The van der Waals surface area contributed by atoms with Crippen LogP contribution in [-0.4, -0.2) is 62.3 Å². The fourth-order valence-corrected chi connectivity index (χ4v) is 5.88. The average molecular weight is 569 g/mol. The third-order valence-corrected chi connectivity index (χ3v) is 8.16. The van der Waals surface area contributed by atoms with E-state index in [1.54, 1.807) is 14.0 Å². The Kier molecular flexibility index (Phi) is 9.59. The molecule has 0 aliphatic carbocycles. The maximum Gasteiger partial charge on any atom is 0.310 e. The molecule has 2 aliphatic rings. The Bertz CT molecular complexity index is 1430. The maximum absolute atomic E-state index is 12.9. The summed E-state index contributed by atoms with van der Waals surface area (Å²) in [5.74, 6) is 1.37. The Morgan fingerprint density at radius 2 is 1.69 bits per heavy atom. The minimum absolute atomic E-state index is 0.0614. The summed E-state index contributed by atoms with van der Waals surface area (Å²) in [7, 11) is 1.60. The van der Waals surface area contributed by atoms with E-state index in [9.17, 15) is 9.59 Å². The number of carbonyl (C=O) groups is 2. The standard InChI is InChI=1S/C35H40N2O5/c1-24-9-4-6-12-33(24)41-18-8-10-26-14-16-27(17-15-26)30-20-29-21-37(25(2)38)22-32(36-29)31(30)23-42-35(39)19-28-11-5-7-13-34(28)40-3/h4-7,9,11-17,29,32,36H,8,10,18-23H2,1-3H3/t29-,32-/m1/s1. The first-order valence-corrected chi connectivity index (χ1v) is 14.7. The zero-order valence-electron chi connectivity index (χ0n) is 24.7. The molecule has 3 aromatic rings. The van der Waals surface area contributed by atoms with Crippen molar-refractivity contribution >= 4 is 17.4 Å². The molecular formula is C35H40N2O5. The van der Waals surface area contributed by atoms with Crippen LogP contribution in [0.2, 0.25) is 0 Å². The van der Waals surface area contributed by atoms with Gasteiger partial charge in [-0.1, -0.05) is 60.7 Å². The molecule has 0 saturated carbocycles. The largest absolute Gasteiger partial charge is 0.496 e. The van der Waals surface area contributed by atoms with Gasteiger partial charge in [0.25, 0.3) is 0 Å². The molecule has 1 N–H and O–H groups in total. The monoisotopic (exact) mass is 568 g/mol. The highest BCUT2D eigenvalue weighted by Crippen LogP contribution is 2.33. The van der Waals surface area contributed by atoms with Crippen molar-refractivity contribution in [3.63, 3.8) is 0 Å². The average Bonchev–Trinajstić information content (AvgIpc) is 3.00. The zero-order valence-corrected chi connectivity index (χ0v) is 24.7. The van der Waals surface area contributed by atoms with Gasteiger partial charge in [-0.2, -0.15) is 0 Å². The second-order valence-electron chi connectivity index (χ2n) is 11.1. The molecule has 7 heteroatoms. The number of piperazine rings is 1. The van der Waals surface area contributed by atoms with E-state index in [2.05, 4.69) is 42.6 Å². The predicted octanol–water partition coefficient (Wildman–Crippen LogP) is 5.15. The summed E-state index contributed by atoms with van der Waals surface area (Å²) >= 11 is 0. The van der Waals surface area contributed by atoms with Crippen LogP contribution >= 0.6 is 0 Å². The van der Waals surface area contributed by atoms with Crippen molar-refractivity contribution in [2.45, 2.75) is 51.6 Å². The van der Waals surface area contributed by atoms with Gasteiger partial charge in [0.05, 0.1) is 26.2 Å². The Balaban J connectivity index is 1.27. The smallest absolute Gasteiger partial charge is 0.310 e. The van der Waals surface area contributed by atoms with Gasteiger partial charge in [-0.15, -0.1) is 0 Å². The molecule has 2 heterocycles. The summed E-state index contributed by atoms with van der Waals surface area (Å²) in [5, 5.41) is 3.67. The highest BCUT2D eigenvalue weighted by molar-refractivity contribution is 5.77. The Morgan fingerprint density at radius 1 is 0.952 bits per heavy atom. The molecule has 2 aliphatic heterocycles. The van der Waals surface area contributed by atoms with Crippen LogP contribution in [0.3, 0.4) is 0 Å². The van der Waals surface area contributed by atoms with Crippen molar-refractivity contribution in [1.82, 2.24) is 10.2 Å². The van der Waals surface area contributed by atoms with Gasteiger partial charge in [-0.3, -0.25) is 9.59 Å². The van der Waals surface area contributed by atoms with Crippen LogP contribution in [0.1, 0.15) is 42.0 Å². The van der Waals surface area contributed by atoms with Crippen LogP contribution in [0, 0.1) is 6.92 Å². The van der Waals surface area contributed by atoms with Crippen LogP contribution in [0.5, 0.6) is 11.5 Å². The number of esters is 1. The second-order valence-corrected chi connectivity index (χ2v) is 11.1. The van der Waals surface area contributed by atoms with Gasteiger partial charge in [-0.05, 0) is 66.2 Å². The van der Waals surface area contributed by atoms with Crippen molar-refractivity contribution in [1.29, 1.82) is 0 Å². The van der Waals surface area contributed by atoms with Crippen molar-refractivity contribution in [3.8, 4) is 11.5 Å². The molecule has 2 bridgehead atoms. The third kappa shape index (κ3) is 7.21. The van der Waals surface area contributed by atoms with E-state index in [1.807, 2.05) is 47.4 Å². The van der Waals surface area contributed by atoms with Gasteiger partial charge in [0.2, 0.25) is 5.91 Å². The van der Waals surface area contributed by atoms with Crippen molar-refractivity contribution in [3.05, 3.63) is 101 Å². The van der Waals surface area contributed by atoms with Crippen LogP contribution in [0.25, 0.3) is 5.57 Å². The van der Waals surface area contributed by atoms with Crippen LogP contribution in [0.15, 0.2) is 78.4 Å². The van der Waals surface area contributed by atoms with Gasteiger partial charge < -0.3 is 24.4 Å². The Labute approximate surface area is 248 Å². The molecule has 1 saturated heterocycles. The van der Waals surface area contributed by atoms with E-state index < -0.39 is 0 Å². The molecule has 220 valence electrons. The second kappa shape index (κ2) is 13.7. The van der Waals surface area contributed by atoms with Crippen LogP contribution in [-0.2, 0) is 27.2 Å². The number of benzene rings is 3. The topological polar surface area (TPSA) is 77.1 Å². The molecule has 7 nitrogen and oxygen atoms in total. The van der Waals surface area contributed by atoms with Crippen molar-refractivity contribution in [2.75, 3.05) is 33.4 Å². The number of rotatable bonds is 11. The number of carbonyl (C=O) groups excluding carboxylic acids is 2. The fraction of sp³-hybridized carbons (Fsp3) is 0.371. The highest BCUT2D eigenvalue weighted by atomic mass is 16.5. The lowest BCUT2D eigenvalue weighted by atomic mass is 9.83. The lowest BCUT2D eigenvalue weighted by Crippen LogP contribution is -2.60. The molecule has 0 radical (unpaired) electrons. The summed E-state index contributed by atoms with van der Waals surface area (Å²) in [6.45, 7) is 5.76. The van der Waals surface area contributed by atoms with E-state index in [0.717, 1.165) is 47.3 Å². The number of nitrogens with one attached hydrogen (secondary N) is 1. The molecular weight excluding hydrogens is 528 g/mol. The van der Waals surface area contributed by atoms with Crippen LogP contribution < -0.4 is 14.8 Å². The first-order chi connectivity index (χ1) is 20.4. The predicted molar refractivity (Wildman–Crippen MR) is 164 cm³/mol. The summed E-state index contributed by atoms with van der Waals surface area (Å²) in [6, 6.07) is 24.4. The molecule has 0 spiro atoms. The normalized spacial score (nSPS) is 18.0. The molecule has 3 aromatic carbocycles. The minimum atomic E-state index is -0.309. The van der Waals surface area contributed by atoms with E-state index in [1.165, 1.54) is 11.1 Å². The lowest BCUT2D eigenvalue weighted by molar-refractivity contribution is -0.142. The summed E-state index contributed by atoms with van der Waals surface area (Å²) < 4.78 is 17.2. The van der Waals surface area contributed by atoms with E-state index in [-0.39, 0.29) is 37.0 Å².